The Kier molecular flexibility index (Phi) is 3.57. The van der Waals surface area contributed by atoms with E-state index in [0.29, 0.717) is 11.0 Å². The van der Waals surface area contributed by atoms with Crippen molar-refractivity contribution in [1.82, 2.24) is 0 Å². The monoisotopic (exact) mass is 222 g/mol. The fourth-order valence-electron chi connectivity index (χ4n) is 2.22. The molecule has 1 aromatic rings. The first-order chi connectivity index (χ1) is 7.25. The quantitative estimate of drug-likeness (QED) is 0.814. The van der Waals surface area contributed by atoms with Crippen molar-refractivity contribution in [2.75, 3.05) is 0 Å². The highest BCUT2D eigenvalue weighted by Gasteiger charge is 2.20. The number of hydrogen-bond donors (Lipinski definition) is 1. The Bertz CT molecular complexity index is 324. The summed E-state index contributed by atoms with van der Waals surface area (Å²) in [6.45, 7) is 2.33. The van der Waals surface area contributed by atoms with Crippen LogP contribution in [0.25, 0.3) is 0 Å². The lowest BCUT2D eigenvalue weighted by Gasteiger charge is -2.26. The van der Waals surface area contributed by atoms with Gasteiger partial charge in [-0.1, -0.05) is 31.9 Å². The van der Waals surface area contributed by atoms with Crippen LogP contribution in [0.1, 0.15) is 32.6 Å². The van der Waals surface area contributed by atoms with Gasteiger partial charge in [-0.15, -0.1) is 11.8 Å². The van der Waals surface area contributed by atoms with Gasteiger partial charge in [0.25, 0.3) is 0 Å². The van der Waals surface area contributed by atoms with Crippen LogP contribution in [0.2, 0.25) is 0 Å². The predicted octanol–water partition coefficient (Wildman–Crippen LogP) is 4.06. The molecule has 82 valence electrons. The van der Waals surface area contributed by atoms with E-state index >= 15 is 0 Å². The molecule has 0 heterocycles. The Morgan fingerprint density at radius 2 is 2.07 bits per heavy atom. The first-order valence-electron chi connectivity index (χ1n) is 5.70. The van der Waals surface area contributed by atoms with Crippen LogP contribution in [-0.2, 0) is 0 Å². The molecule has 0 aromatic heterocycles. The van der Waals surface area contributed by atoms with E-state index in [1.807, 2.05) is 30.0 Å². The zero-order chi connectivity index (χ0) is 10.7. The Balaban J connectivity index is 1.99. The summed E-state index contributed by atoms with van der Waals surface area (Å²) < 4.78 is 0. The third-order valence-corrected chi connectivity index (χ3v) is 4.41. The normalized spacial score (nSPS) is 26.5. The number of hydrogen-bond acceptors (Lipinski definition) is 2. The van der Waals surface area contributed by atoms with Gasteiger partial charge in [0.1, 0.15) is 5.75 Å². The molecule has 2 unspecified atom stereocenters. The first kappa shape index (κ1) is 10.9. The Morgan fingerprint density at radius 3 is 2.80 bits per heavy atom. The highest BCUT2D eigenvalue weighted by molar-refractivity contribution is 8.00. The van der Waals surface area contributed by atoms with Gasteiger partial charge in [0.05, 0.1) is 0 Å². The van der Waals surface area contributed by atoms with Crippen molar-refractivity contribution in [3.63, 3.8) is 0 Å². The van der Waals surface area contributed by atoms with E-state index in [4.69, 9.17) is 0 Å². The maximum Gasteiger partial charge on any atom is 0.129 e. The summed E-state index contributed by atoms with van der Waals surface area (Å²) >= 11 is 1.84. The number of benzene rings is 1. The van der Waals surface area contributed by atoms with E-state index < -0.39 is 0 Å². The summed E-state index contributed by atoms with van der Waals surface area (Å²) in [5, 5.41) is 10.4. The predicted molar refractivity (Wildman–Crippen MR) is 65.4 cm³/mol. The van der Waals surface area contributed by atoms with Gasteiger partial charge >= 0.3 is 0 Å². The van der Waals surface area contributed by atoms with E-state index in [-0.39, 0.29) is 0 Å². The summed E-state index contributed by atoms with van der Waals surface area (Å²) in [4.78, 5) is 1.04. The van der Waals surface area contributed by atoms with Crippen LogP contribution >= 0.6 is 11.8 Å². The van der Waals surface area contributed by atoms with Crippen molar-refractivity contribution < 1.29 is 5.11 Å². The summed E-state index contributed by atoms with van der Waals surface area (Å²) in [6, 6.07) is 7.66. The molecule has 15 heavy (non-hydrogen) atoms. The minimum Gasteiger partial charge on any atom is -0.507 e. The lowest BCUT2D eigenvalue weighted by molar-refractivity contribution is 0.393. The molecule has 0 amide bonds. The highest BCUT2D eigenvalue weighted by Crippen LogP contribution is 2.39. The highest BCUT2D eigenvalue weighted by atomic mass is 32.2. The average molecular weight is 222 g/mol. The molecule has 1 saturated carbocycles. The van der Waals surface area contributed by atoms with Crippen molar-refractivity contribution in [3.8, 4) is 5.75 Å². The molecule has 1 fully saturated rings. The summed E-state index contributed by atoms with van der Waals surface area (Å²) in [5.74, 6) is 1.28. The molecule has 1 N–H and O–H groups in total. The molecule has 2 rings (SSSR count). The molecule has 2 heteroatoms. The van der Waals surface area contributed by atoms with E-state index in [1.165, 1.54) is 25.7 Å². The van der Waals surface area contributed by atoms with Crippen LogP contribution in [0.15, 0.2) is 29.2 Å². The van der Waals surface area contributed by atoms with Crippen molar-refractivity contribution in [2.45, 2.75) is 42.8 Å². The minimum atomic E-state index is 0.431. The molecule has 1 aromatic carbocycles. The van der Waals surface area contributed by atoms with Crippen LogP contribution in [-0.4, -0.2) is 10.4 Å². The fourth-order valence-corrected chi connectivity index (χ4v) is 3.64. The number of phenolic OH excluding ortho intramolecular Hbond substituents is 1. The molecule has 2 atom stereocenters. The number of phenols is 1. The largest absolute Gasteiger partial charge is 0.507 e. The molecule has 0 spiro atoms. The van der Waals surface area contributed by atoms with Crippen molar-refractivity contribution in [3.05, 3.63) is 24.3 Å². The molecular formula is C13H18OS. The van der Waals surface area contributed by atoms with Crippen molar-refractivity contribution >= 4 is 11.8 Å². The van der Waals surface area contributed by atoms with Crippen molar-refractivity contribution in [1.29, 1.82) is 0 Å². The lowest BCUT2D eigenvalue weighted by Crippen LogP contribution is -2.14. The standard InChI is InChI=1S/C13H18OS/c1-10-5-4-6-11(9-10)15-13-8-3-2-7-12(13)14/h2-3,7-8,10-11,14H,4-6,9H2,1H3. The van der Waals surface area contributed by atoms with Crippen LogP contribution in [0.5, 0.6) is 5.75 Å². The van der Waals surface area contributed by atoms with Crippen molar-refractivity contribution in [2.24, 2.45) is 5.92 Å². The second kappa shape index (κ2) is 4.93. The Morgan fingerprint density at radius 1 is 1.27 bits per heavy atom. The molecule has 0 bridgehead atoms. The average Bonchev–Trinajstić information content (AvgIpc) is 2.22. The summed E-state index contributed by atoms with van der Waals surface area (Å²) in [7, 11) is 0. The number of aromatic hydroxyl groups is 1. The van der Waals surface area contributed by atoms with E-state index in [2.05, 4.69) is 6.92 Å². The van der Waals surface area contributed by atoms with E-state index in [1.54, 1.807) is 6.07 Å². The Labute approximate surface area is 95.9 Å². The maximum absolute atomic E-state index is 9.69. The molecular weight excluding hydrogens is 204 g/mol. The molecule has 0 aliphatic heterocycles. The van der Waals surface area contributed by atoms with E-state index in [0.717, 1.165) is 10.8 Å². The smallest absolute Gasteiger partial charge is 0.129 e. The van der Waals surface area contributed by atoms with Gasteiger partial charge in [0, 0.05) is 10.1 Å². The second-order valence-corrected chi connectivity index (χ2v) is 5.82. The summed E-state index contributed by atoms with van der Waals surface area (Å²) in [6.07, 6.45) is 5.30. The van der Waals surface area contributed by atoms with Gasteiger partial charge in [-0.2, -0.15) is 0 Å². The molecule has 1 aliphatic carbocycles. The fraction of sp³-hybridized carbons (Fsp3) is 0.538. The van der Waals surface area contributed by atoms with Gasteiger partial charge in [-0.05, 0) is 30.9 Å². The summed E-state index contributed by atoms with van der Waals surface area (Å²) in [5.41, 5.74) is 0. The SMILES string of the molecule is CC1CCCC(Sc2ccccc2O)C1. The molecule has 0 radical (unpaired) electrons. The van der Waals surface area contributed by atoms with Gasteiger partial charge in [-0.3, -0.25) is 0 Å². The molecule has 0 saturated heterocycles. The topological polar surface area (TPSA) is 20.2 Å². The maximum atomic E-state index is 9.69. The van der Waals surface area contributed by atoms with Gasteiger partial charge in [0.15, 0.2) is 0 Å². The zero-order valence-corrected chi connectivity index (χ0v) is 9.96. The van der Waals surface area contributed by atoms with Gasteiger partial charge < -0.3 is 5.11 Å². The number of para-hydroxylation sites is 1. The van der Waals surface area contributed by atoms with Gasteiger partial charge in [0.2, 0.25) is 0 Å². The van der Waals surface area contributed by atoms with Gasteiger partial charge in [-0.25, -0.2) is 0 Å². The lowest BCUT2D eigenvalue weighted by atomic mass is 9.91. The second-order valence-electron chi connectivity index (χ2n) is 4.48. The third kappa shape index (κ3) is 2.91. The molecule has 1 nitrogen and oxygen atoms in total. The van der Waals surface area contributed by atoms with Crippen LogP contribution in [0, 0.1) is 5.92 Å². The number of thioether (sulfide) groups is 1. The van der Waals surface area contributed by atoms with Crippen LogP contribution < -0.4 is 0 Å². The van der Waals surface area contributed by atoms with E-state index in [9.17, 15) is 5.11 Å². The van der Waals surface area contributed by atoms with Crippen LogP contribution in [0.3, 0.4) is 0 Å². The zero-order valence-electron chi connectivity index (χ0n) is 9.15. The Hall–Kier alpha value is -0.630. The van der Waals surface area contributed by atoms with Crippen LogP contribution in [0.4, 0.5) is 0 Å². The minimum absolute atomic E-state index is 0.431. The molecule has 1 aliphatic rings. The first-order valence-corrected chi connectivity index (χ1v) is 6.58. The third-order valence-electron chi connectivity index (χ3n) is 3.05. The number of rotatable bonds is 2.